The normalized spacial score (nSPS) is 19.3. The monoisotopic (exact) mass is 171 g/mol. The third kappa shape index (κ3) is 1.97. The van der Waals surface area contributed by atoms with E-state index < -0.39 is 0 Å². The van der Waals surface area contributed by atoms with Gasteiger partial charge in [-0.15, -0.1) is 0 Å². The molecule has 0 unspecified atom stereocenters. The molecule has 1 rings (SSSR count). The number of hydrogen-bond acceptors (Lipinski definition) is 3. The average Bonchev–Trinajstić information content (AvgIpc) is 2.80. The van der Waals surface area contributed by atoms with Crippen molar-refractivity contribution in [2.75, 3.05) is 13.2 Å². The molecule has 0 radical (unpaired) electrons. The SMILES string of the molecule is CC(C)COC(=O)C1(CN)CC1. The third-order valence-corrected chi connectivity index (χ3v) is 2.23. The Balaban J connectivity index is 2.29. The van der Waals surface area contributed by atoms with E-state index in [9.17, 15) is 4.79 Å². The first-order valence-corrected chi connectivity index (χ1v) is 4.48. The third-order valence-electron chi connectivity index (χ3n) is 2.23. The summed E-state index contributed by atoms with van der Waals surface area (Å²) in [6.45, 7) is 5.00. The van der Waals surface area contributed by atoms with Crippen molar-refractivity contribution >= 4 is 5.97 Å². The van der Waals surface area contributed by atoms with Crippen molar-refractivity contribution in [2.24, 2.45) is 17.1 Å². The van der Waals surface area contributed by atoms with Crippen LogP contribution >= 0.6 is 0 Å². The lowest BCUT2D eigenvalue weighted by molar-refractivity contribution is -0.150. The van der Waals surface area contributed by atoms with Crippen LogP contribution in [0.4, 0.5) is 0 Å². The zero-order valence-electron chi connectivity index (χ0n) is 7.80. The topological polar surface area (TPSA) is 52.3 Å². The van der Waals surface area contributed by atoms with Crippen LogP contribution in [0.15, 0.2) is 0 Å². The Morgan fingerprint density at radius 2 is 2.17 bits per heavy atom. The Bertz CT molecular complexity index is 173. The van der Waals surface area contributed by atoms with Crippen LogP contribution in [0.5, 0.6) is 0 Å². The second-order valence-electron chi connectivity index (χ2n) is 3.98. The van der Waals surface area contributed by atoms with Crippen LogP contribution in [0.25, 0.3) is 0 Å². The summed E-state index contributed by atoms with van der Waals surface area (Å²) in [4.78, 5) is 11.4. The van der Waals surface area contributed by atoms with Crippen LogP contribution in [-0.2, 0) is 9.53 Å². The van der Waals surface area contributed by atoms with Crippen molar-refractivity contribution in [1.82, 2.24) is 0 Å². The van der Waals surface area contributed by atoms with Crippen molar-refractivity contribution < 1.29 is 9.53 Å². The van der Waals surface area contributed by atoms with Crippen molar-refractivity contribution in [1.29, 1.82) is 0 Å². The maximum Gasteiger partial charge on any atom is 0.313 e. The number of carbonyl (C=O) groups excluding carboxylic acids is 1. The first-order valence-electron chi connectivity index (χ1n) is 4.48. The molecule has 1 aliphatic carbocycles. The van der Waals surface area contributed by atoms with E-state index in [0.29, 0.717) is 19.1 Å². The van der Waals surface area contributed by atoms with Gasteiger partial charge in [-0.25, -0.2) is 0 Å². The molecule has 0 aliphatic heterocycles. The number of hydrogen-bond donors (Lipinski definition) is 1. The first-order chi connectivity index (χ1) is 5.60. The van der Waals surface area contributed by atoms with Gasteiger partial charge in [-0.05, 0) is 18.8 Å². The predicted octanol–water partition coefficient (Wildman–Crippen LogP) is 0.924. The fourth-order valence-corrected chi connectivity index (χ4v) is 1.04. The molecular formula is C9H17NO2. The highest BCUT2D eigenvalue weighted by Crippen LogP contribution is 2.45. The van der Waals surface area contributed by atoms with Gasteiger partial charge in [-0.3, -0.25) is 4.79 Å². The van der Waals surface area contributed by atoms with E-state index in [2.05, 4.69) is 0 Å². The molecule has 0 bridgehead atoms. The Hall–Kier alpha value is -0.570. The van der Waals surface area contributed by atoms with Crippen molar-refractivity contribution in [2.45, 2.75) is 26.7 Å². The molecule has 0 amide bonds. The van der Waals surface area contributed by atoms with E-state index in [-0.39, 0.29) is 11.4 Å². The predicted molar refractivity (Wildman–Crippen MR) is 46.5 cm³/mol. The van der Waals surface area contributed by atoms with E-state index in [1.165, 1.54) is 0 Å². The summed E-state index contributed by atoms with van der Waals surface area (Å²) in [5.74, 6) is 0.307. The second-order valence-corrected chi connectivity index (χ2v) is 3.98. The summed E-state index contributed by atoms with van der Waals surface area (Å²) in [6.07, 6.45) is 1.81. The van der Waals surface area contributed by atoms with E-state index >= 15 is 0 Å². The standard InChI is InChI=1S/C9H17NO2/c1-7(2)5-12-8(11)9(6-10)3-4-9/h7H,3-6,10H2,1-2H3. The molecule has 0 aromatic carbocycles. The molecule has 0 heterocycles. The quantitative estimate of drug-likeness (QED) is 0.640. The summed E-state index contributed by atoms with van der Waals surface area (Å²) in [7, 11) is 0. The van der Waals surface area contributed by atoms with Crippen molar-refractivity contribution in [3.8, 4) is 0 Å². The Morgan fingerprint density at radius 1 is 1.58 bits per heavy atom. The molecule has 12 heavy (non-hydrogen) atoms. The summed E-state index contributed by atoms with van der Waals surface area (Å²) in [6, 6.07) is 0. The molecule has 0 aromatic heterocycles. The fourth-order valence-electron chi connectivity index (χ4n) is 1.04. The zero-order chi connectivity index (χ0) is 9.19. The van der Waals surface area contributed by atoms with Crippen LogP contribution in [-0.4, -0.2) is 19.1 Å². The summed E-state index contributed by atoms with van der Waals surface area (Å²) < 4.78 is 5.10. The molecule has 0 aromatic rings. The van der Waals surface area contributed by atoms with E-state index in [1.807, 2.05) is 13.8 Å². The van der Waals surface area contributed by atoms with Crippen molar-refractivity contribution in [3.05, 3.63) is 0 Å². The lowest BCUT2D eigenvalue weighted by atomic mass is 10.1. The lowest BCUT2D eigenvalue weighted by Gasteiger charge is -2.12. The zero-order valence-corrected chi connectivity index (χ0v) is 7.80. The molecule has 2 N–H and O–H groups in total. The minimum Gasteiger partial charge on any atom is -0.465 e. The average molecular weight is 171 g/mol. The minimum atomic E-state index is -0.297. The Labute approximate surface area is 73.3 Å². The largest absolute Gasteiger partial charge is 0.465 e. The fraction of sp³-hybridized carbons (Fsp3) is 0.889. The highest BCUT2D eigenvalue weighted by atomic mass is 16.5. The Morgan fingerprint density at radius 3 is 2.50 bits per heavy atom. The molecule has 0 atom stereocenters. The van der Waals surface area contributed by atoms with Crippen molar-refractivity contribution in [3.63, 3.8) is 0 Å². The van der Waals surface area contributed by atoms with Crippen LogP contribution in [0.2, 0.25) is 0 Å². The maximum absolute atomic E-state index is 11.4. The second kappa shape index (κ2) is 3.44. The summed E-state index contributed by atoms with van der Waals surface area (Å²) >= 11 is 0. The Kier molecular flexibility index (Phi) is 2.73. The molecule has 0 saturated heterocycles. The highest BCUT2D eigenvalue weighted by molar-refractivity contribution is 5.80. The molecule has 3 heteroatoms. The van der Waals surface area contributed by atoms with Gasteiger partial charge >= 0.3 is 5.97 Å². The molecular weight excluding hydrogens is 154 g/mol. The van der Waals surface area contributed by atoms with Crippen LogP contribution in [0, 0.1) is 11.3 Å². The molecule has 1 aliphatic rings. The summed E-state index contributed by atoms with van der Waals surface area (Å²) in [5, 5.41) is 0. The molecule has 70 valence electrons. The number of ether oxygens (including phenoxy) is 1. The maximum atomic E-state index is 11.4. The number of rotatable bonds is 4. The molecule has 0 spiro atoms. The smallest absolute Gasteiger partial charge is 0.313 e. The number of nitrogens with two attached hydrogens (primary N) is 1. The number of carbonyl (C=O) groups is 1. The van der Waals surface area contributed by atoms with Gasteiger partial charge in [0.1, 0.15) is 0 Å². The molecule has 1 saturated carbocycles. The minimum absolute atomic E-state index is 0.0984. The van der Waals surface area contributed by atoms with Gasteiger partial charge in [0.2, 0.25) is 0 Å². The van der Waals surface area contributed by atoms with Gasteiger partial charge in [0.25, 0.3) is 0 Å². The van der Waals surface area contributed by atoms with Gasteiger partial charge < -0.3 is 10.5 Å². The number of esters is 1. The summed E-state index contributed by atoms with van der Waals surface area (Å²) in [5.41, 5.74) is 5.18. The van der Waals surface area contributed by atoms with Crippen LogP contribution < -0.4 is 5.73 Å². The van der Waals surface area contributed by atoms with Gasteiger partial charge in [0.05, 0.1) is 12.0 Å². The lowest BCUT2D eigenvalue weighted by Crippen LogP contribution is -2.28. The van der Waals surface area contributed by atoms with Crippen LogP contribution in [0.1, 0.15) is 26.7 Å². The van der Waals surface area contributed by atoms with Crippen LogP contribution in [0.3, 0.4) is 0 Å². The van der Waals surface area contributed by atoms with Gasteiger partial charge in [-0.2, -0.15) is 0 Å². The van der Waals surface area contributed by atoms with Gasteiger partial charge in [0, 0.05) is 6.54 Å². The van der Waals surface area contributed by atoms with Gasteiger partial charge in [-0.1, -0.05) is 13.8 Å². The molecule has 1 fully saturated rings. The van der Waals surface area contributed by atoms with E-state index in [1.54, 1.807) is 0 Å². The van der Waals surface area contributed by atoms with E-state index in [4.69, 9.17) is 10.5 Å². The molecule has 3 nitrogen and oxygen atoms in total. The highest BCUT2D eigenvalue weighted by Gasteiger charge is 2.50. The first kappa shape index (κ1) is 9.52. The van der Waals surface area contributed by atoms with Gasteiger partial charge in [0.15, 0.2) is 0 Å². The van der Waals surface area contributed by atoms with E-state index in [0.717, 1.165) is 12.8 Å².